The standard InChI is InChI=1S/C22H27ClN2O2/c1-4-6-18-8-10-19(11-9-18)17(3)24-25-22(26)7-5-14-27-21-13-12-20(23)15-16(21)2/h8-13,15H,4-7,14H2,1-3H3,(H,25,26)/b24-17+. The number of aryl methyl sites for hydroxylation is 2. The third-order valence-electron chi connectivity index (χ3n) is 4.20. The van der Waals surface area contributed by atoms with Crippen molar-refractivity contribution in [2.75, 3.05) is 6.61 Å². The van der Waals surface area contributed by atoms with E-state index in [-0.39, 0.29) is 5.91 Å². The Hall–Kier alpha value is -2.33. The van der Waals surface area contributed by atoms with Crippen molar-refractivity contribution in [3.63, 3.8) is 0 Å². The topological polar surface area (TPSA) is 50.7 Å². The van der Waals surface area contributed by atoms with Crippen molar-refractivity contribution in [3.8, 4) is 5.75 Å². The zero-order valence-corrected chi connectivity index (χ0v) is 17.0. The number of nitrogens with zero attached hydrogens (tertiary/aromatic N) is 1. The lowest BCUT2D eigenvalue weighted by atomic mass is 10.1. The third kappa shape index (κ3) is 7.06. The number of amides is 1. The molecule has 1 N–H and O–H groups in total. The first-order chi connectivity index (χ1) is 13.0. The Morgan fingerprint density at radius 3 is 2.59 bits per heavy atom. The van der Waals surface area contributed by atoms with Gasteiger partial charge >= 0.3 is 0 Å². The van der Waals surface area contributed by atoms with Crippen LogP contribution in [0.15, 0.2) is 47.6 Å². The zero-order chi connectivity index (χ0) is 19.6. The van der Waals surface area contributed by atoms with E-state index in [2.05, 4.69) is 29.6 Å². The molecular weight excluding hydrogens is 360 g/mol. The van der Waals surface area contributed by atoms with E-state index < -0.39 is 0 Å². The van der Waals surface area contributed by atoms with E-state index in [1.807, 2.05) is 38.1 Å². The molecule has 2 aromatic carbocycles. The highest BCUT2D eigenvalue weighted by atomic mass is 35.5. The summed E-state index contributed by atoms with van der Waals surface area (Å²) in [6, 6.07) is 13.8. The lowest BCUT2D eigenvalue weighted by Gasteiger charge is -2.09. The number of hydrazone groups is 1. The summed E-state index contributed by atoms with van der Waals surface area (Å²) in [6.07, 6.45) is 3.18. The molecular formula is C22H27ClN2O2. The van der Waals surface area contributed by atoms with E-state index in [1.54, 1.807) is 6.07 Å². The Labute approximate surface area is 166 Å². The van der Waals surface area contributed by atoms with E-state index in [0.717, 1.165) is 35.4 Å². The number of halogens is 1. The largest absolute Gasteiger partial charge is 0.493 e. The number of carbonyl (C=O) groups excluding carboxylic acids is 1. The monoisotopic (exact) mass is 386 g/mol. The quantitative estimate of drug-likeness (QED) is 0.361. The molecule has 2 rings (SSSR count). The normalized spacial score (nSPS) is 11.3. The van der Waals surface area contributed by atoms with Gasteiger partial charge in [-0.15, -0.1) is 0 Å². The highest BCUT2D eigenvalue weighted by Crippen LogP contribution is 2.21. The molecule has 0 unspecified atom stereocenters. The lowest BCUT2D eigenvalue weighted by molar-refractivity contribution is -0.121. The van der Waals surface area contributed by atoms with Crippen LogP contribution in [0.4, 0.5) is 0 Å². The van der Waals surface area contributed by atoms with Crippen molar-refractivity contribution in [2.45, 2.75) is 46.5 Å². The molecule has 0 atom stereocenters. The van der Waals surface area contributed by atoms with Crippen molar-refractivity contribution in [1.82, 2.24) is 5.43 Å². The summed E-state index contributed by atoms with van der Waals surface area (Å²) in [5, 5.41) is 4.88. The number of nitrogens with one attached hydrogen (secondary N) is 1. The molecule has 4 nitrogen and oxygen atoms in total. The summed E-state index contributed by atoms with van der Waals surface area (Å²) < 4.78 is 5.69. The van der Waals surface area contributed by atoms with Gasteiger partial charge in [-0.25, -0.2) is 5.43 Å². The van der Waals surface area contributed by atoms with Crippen molar-refractivity contribution in [3.05, 3.63) is 64.2 Å². The number of carbonyl (C=O) groups is 1. The minimum absolute atomic E-state index is 0.117. The third-order valence-corrected chi connectivity index (χ3v) is 4.44. The molecule has 0 fully saturated rings. The van der Waals surface area contributed by atoms with E-state index >= 15 is 0 Å². The summed E-state index contributed by atoms with van der Waals surface area (Å²) in [7, 11) is 0. The van der Waals surface area contributed by atoms with Gasteiger partial charge in [0.2, 0.25) is 5.91 Å². The minimum atomic E-state index is -0.117. The van der Waals surface area contributed by atoms with Crippen LogP contribution in [0.2, 0.25) is 5.02 Å². The second-order valence-electron chi connectivity index (χ2n) is 6.54. The Morgan fingerprint density at radius 1 is 1.19 bits per heavy atom. The van der Waals surface area contributed by atoms with Crippen molar-refractivity contribution in [2.24, 2.45) is 5.10 Å². The van der Waals surface area contributed by atoms with Crippen molar-refractivity contribution >= 4 is 23.2 Å². The first kappa shape index (κ1) is 21.0. The van der Waals surface area contributed by atoms with E-state index in [4.69, 9.17) is 16.3 Å². The molecule has 144 valence electrons. The fraction of sp³-hybridized carbons (Fsp3) is 0.364. The second-order valence-corrected chi connectivity index (χ2v) is 6.98. The van der Waals surface area contributed by atoms with Crippen LogP contribution in [-0.4, -0.2) is 18.2 Å². The predicted molar refractivity (Wildman–Crippen MR) is 112 cm³/mol. The number of hydrogen-bond acceptors (Lipinski definition) is 3. The highest BCUT2D eigenvalue weighted by molar-refractivity contribution is 6.30. The summed E-state index contributed by atoms with van der Waals surface area (Å²) >= 11 is 5.93. The van der Waals surface area contributed by atoms with Crippen LogP contribution >= 0.6 is 11.6 Å². The van der Waals surface area contributed by atoms with Gasteiger partial charge in [0.25, 0.3) is 0 Å². The van der Waals surface area contributed by atoms with Crippen LogP contribution in [0.5, 0.6) is 5.75 Å². The van der Waals surface area contributed by atoms with Crippen LogP contribution in [0.1, 0.15) is 49.8 Å². The van der Waals surface area contributed by atoms with E-state index in [9.17, 15) is 4.79 Å². The maximum absolute atomic E-state index is 11.9. The average Bonchev–Trinajstić information content (AvgIpc) is 2.65. The summed E-state index contributed by atoms with van der Waals surface area (Å²) in [5.74, 6) is 0.675. The summed E-state index contributed by atoms with van der Waals surface area (Å²) in [4.78, 5) is 11.9. The number of benzene rings is 2. The number of rotatable bonds is 9. The fourth-order valence-electron chi connectivity index (χ4n) is 2.66. The molecule has 2 aromatic rings. The molecule has 0 radical (unpaired) electrons. The first-order valence-electron chi connectivity index (χ1n) is 9.31. The average molecular weight is 387 g/mol. The SMILES string of the molecule is CCCc1ccc(/C(C)=N/NC(=O)CCCOc2ccc(Cl)cc2C)cc1. The maximum Gasteiger partial charge on any atom is 0.240 e. The highest BCUT2D eigenvalue weighted by Gasteiger charge is 2.04. The van der Waals surface area contributed by atoms with Gasteiger partial charge in [-0.1, -0.05) is 49.2 Å². The van der Waals surface area contributed by atoms with Gasteiger partial charge in [-0.3, -0.25) is 4.79 Å². The lowest BCUT2D eigenvalue weighted by Crippen LogP contribution is -2.19. The minimum Gasteiger partial charge on any atom is -0.493 e. The number of ether oxygens (including phenoxy) is 1. The predicted octanol–water partition coefficient (Wildman–Crippen LogP) is 5.30. The molecule has 1 amide bonds. The fourth-order valence-corrected chi connectivity index (χ4v) is 2.88. The Bertz CT molecular complexity index is 785. The van der Waals surface area contributed by atoms with Crippen LogP contribution in [0, 0.1) is 6.92 Å². The van der Waals surface area contributed by atoms with Gasteiger partial charge in [-0.2, -0.15) is 5.10 Å². The van der Waals surface area contributed by atoms with Gasteiger partial charge < -0.3 is 4.74 Å². The van der Waals surface area contributed by atoms with Crippen molar-refractivity contribution < 1.29 is 9.53 Å². The molecule has 0 heterocycles. The van der Waals surface area contributed by atoms with Gasteiger partial charge in [0, 0.05) is 11.4 Å². The van der Waals surface area contributed by atoms with Gasteiger partial charge in [0.1, 0.15) is 5.75 Å². The van der Waals surface area contributed by atoms with Gasteiger partial charge in [-0.05, 0) is 61.6 Å². The molecule has 0 aliphatic heterocycles. The smallest absolute Gasteiger partial charge is 0.240 e. The van der Waals surface area contributed by atoms with Crippen LogP contribution in [0.3, 0.4) is 0 Å². The Kier molecular flexibility index (Phi) is 8.34. The summed E-state index contributed by atoms with van der Waals surface area (Å²) in [5.41, 5.74) is 6.71. The van der Waals surface area contributed by atoms with Gasteiger partial charge in [0.15, 0.2) is 0 Å². The van der Waals surface area contributed by atoms with Crippen LogP contribution in [0.25, 0.3) is 0 Å². The van der Waals surface area contributed by atoms with Crippen molar-refractivity contribution in [1.29, 1.82) is 0 Å². The van der Waals surface area contributed by atoms with Gasteiger partial charge in [0.05, 0.1) is 12.3 Å². The summed E-state index contributed by atoms with van der Waals surface area (Å²) in [6.45, 7) is 6.47. The number of hydrogen-bond donors (Lipinski definition) is 1. The zero-order valence-electron chi connectivity index (χ0n) is 16.2. The molecule has 0 bridgehead atoms. The molecule has 0 aliphatic rings. The van der Waals surface area contributed by atoms with Crippen LogP contribution < -0.4 is 10.2 Å². The van der Waals surface area contributed by atoms with E-state index in [0.29, 0.717) is 24.5 Å². The Balaban J connectivity index is 1.73. The van der Waals surface area contributed by atoms with Crippen LogP contribution in [-0.2, 0) is 11.2 Å². The molecule has 5 heteroatoms. The molecule has 0 aromatic heterocycles. The molecule has 0 aliphatic carbocycles. The first-order valence-corrected chi connectivity index (χ1v) is 9.68. The molecule has 27 heavy (non-hydrogen) atoms. The molecule has 0 saturated carbocycles. The second kappa shape index (κ2) is 10.7. The maximum atomic E-state index is 11.9. The van der Waals surface area contributed by atoms with E-state index in [1.165, 1.54) is 5.56 Å². The molecule has 0 spiro atoms. The molecule has 0 saturated heterocycles. The Morgan fingerprint density at radius 2 is 1.93 bits per heavy atom.